The molecule has 3 N–H and O–H groups in total. The smallest absolute Gasteiger partial charge is 0.220 e. The van der Waals surface area contributed by atoms with Gasteiger partial charge in [0.2, 0.25) is 5.91 Å². The number of hydrogen-bond acceptors (Lipinski definition) is 3. The number of halogens is 1. The Hall–Kier alpha value is -1.88. The van der Waals surface area contributed by atoms with Gasteiger partial charge in [0.05, 0.1) is 6.61 Å². The Morgan fingerprint density at radius 1 is 1.00 bits per heavy atom. The standard InChI is InChI=1S/C20H26N2O2.ClH/c21-19(18-10-5-2-6-11-18)16-22-20(23)12-7-14-24-15-13-17-8-3-1-4-9-17;/h1-6,8-11,19H,7,12-16,21H2,(H,22,23);1H. The molecule has 0 aromatic heterocycles. The van der Waals surface area contributed by atoms with Gasteiger partial charge in [-0.2, -0.15) is 0 Å². The Morgan fingerprint density at radius 3 is 2.32 bits per heavy atom. The van der Waals surface area contributed by atoms with Gasteiger partial charge in [0.1, 0.15) is 0 Å². The van der Waals surface area contributed by atoms with Crippen molar-refractivity contribution >= 4 is 18.3 Å². The Balaban J connectivity index is 0.00000312. The molecule has 136 valence electrons. The van der Waals surface area contributed by atoms with Crippen LogP contribution in [0.2, 0.25) is 0 Å². The number of carbonyl (C=O) groups is 1. The van der Waals surface area contributed by atoms with Crippen LogP contribution in [0.15, 0.2) is 60.7 Å². The third kappa shape index (κ3) is 8.68. The SMILES string of the molecule is Cl.NC(CNC(=O)CCCOCCc1ccccc1)c1ccccc1. The van der Waals surface area contributed by atoms with Crippen molar-refractivity contribution in [2.45, 2.75) is 25.3 Å². The fraction of sp³-hybridized carbons (Fsp3) is 0.350. The zero-order chi connectivity index (χ0) is 17.0. The number of hydrogen-bond donors (Lipinski definition) is 2. The van der Waals surface area contributed by atoms with Crippen molar-refractivity contribution in [2.24, 2.45) is 5.73 Å². The molecule has 0 aliphatic rings. The topological polar surface area (TPSA) is 64.3 Å². The zero-order valence-corrected chi connectivity index (χ0v) is 15.2. The summed E-state index contributed by atoms with van der Waals surface area (Å²) in [5.41, 5.74) is 8.35. The van der Waals surface area contributed by atoms with Gasteiger partial charge in [0.25, 0.3) is 0 Å². The van der Waals surface area contributed by atoms with E-state index in [1.54, 1.807) is 0 Å². The maximum atomic E-state index is 11.8. The number of nitrogens with two attached hydrogens (primary N) is 1. The minimum absolute atomic E-state index is 0. The first-order valence-corrected chi connectivity index (χ1v) is 8.44. The molecule has 1 unspecified atom stereocenters. The van der Waals surface area contributed by atoms with Crippen LogP contribution in [0.3, 0.4) is 0 Å². The average Bonchev–Trinajstić information content (AvgIpc) is 2.64. The van der Waals surface area contributed by atoms with Crippen LogP contribution < -0.4 is 11.1 Å². The lowest BCUT2D eigenvalue weighted by Crippen LogP contribution is -2.31. The van der Waals surface area contributed by atoms with Crippen molar-refractivity contribution in [1.29, 1.82) is 0 Å². The van der Waals surface area contributed by atoms with Gasteiger partial charge in [-0.15, -0.1) is 12.4 Å². The van der Waals surface area contributed by atoms with Gasteiger partial charge in [-0.1, -0.05) is 60.7 Å². The van der Waals surface area contributed by atoms with Gasteiger partial charge in [0, 0.05) is 25.6 Å². The summed E-state index contributed by atoms with van der Waals surface area (Å²) in [6.07, 6.45) is 2.09. The lowest BCUT2D eigenvalue weighted by Gasteiger charge is -2.13. The van der Waals surface area contributed by atoms with Crippen molar-refractivity contribution in [3.8, 4) is 0 Å². The second-order valence-electron chi connectivity index (χ2n) is 5.77. The van der Waals surface area contributed by atoms with E-state index in [1.807, 2.05) is 48.5 Å². The molecule has 25 heavy (non-hydrogen) atoms. The molecule has 1 atom stereocenters. The Bertz CT molecular complexity index is 593. The van der Waals surface area contributed by atoms with Crippen LogP contribution in [0.5, 0.6) is 0 Å². The lowest BCUT2D eigenvalue weighted by atomic mass is 10.1. The van der Waals surface area contributed by atoms with Crippen LogP contribution in [0.25, 0.3) is 0 Å². The van der Waals surface area contributed by atoms with Gasteiger partial charge >= 0.3 is 0 Å². The van der Waals surface area contributed by atoms with Gasteiger partial charge in [-0.3, -0.25) is 4.79 Å². The molecular formula is C20H27ClN2O2. The molecule has 0 aliphatic heterocycles. The number of nitrogens with one attached hydrogen (secondary N) is 1. The van der Waals surface area contributed by atoms with Crippen molar-refractivity contribution in [3.05, 3.63) is 71.8 Å². The Labute approximate surface area is 156 Å². The third-order valence-corrected chi connectivity index (χ3v) is 3.82. The molecule has 1 amide bonds. The van der Waals surface area contributed by atoms with Gasteiger partial charge < -0.3 is 15.8 Å². The van der Waals surface area contributed by atoms with Crippen LogP contribution >= 0.6 is 12.4 Å². The number of benzene rings is 2. The van der Waals surface area contributed by atoms with E-state index in [0.717, 1.165) is 18.4 Å². The highest BCUT2D eigenvalue weighted by molar-refractivity contribution is 5.85. The monoisotopic (exact) mass is 362 g/mol. The summed E-state index contributed by atoms with van der Waals surface area (Å²) in [4.78, 5) is 11.8. The predicted octanol–water partition coefficient (Wildman–Crippen LogP) is 3.26. The molecule has 2 aromatic rings. The normalized spacial score (nSPS) is 11.4. The van der Waals surface area contributed by atoms with Gasteiger partial charge in [-0.05, 0) is 24.0 Å². The molecule has 0 radical (unpaired) electrons. The lowest BCUT2D eigenvalue weighted by molar-refractivity contribution is -0.121. The molecule has 0 saturated heterocycles. The summed E-state index contributed by atoms with van der Waals surface area (Å²) in [6.45, 7) is 1.74. The number of rotatable bonds is 10. The minimum atomic E-state index is -0.169. The summed E-state index contributed by atoms with van der Waals surface area (Å²) in [6, 6.07) is 19.9. The van der Waals surface area contributed by atoms with Crippen LogP contribution in [-0.4, -0.2) is 25.7 Å². The molecule has 4 nitrogen and oxygen atoms in total. The van der Waals surface area contributed by atoms with Crippen molar-refractivity contribution in [2.75, 3.05) is 19.8 Å². The number of carbonyl (C=O) groups excluding carboxylic acids is 1. The molecule has 2 aromatic carbocycles. The zero-order valence-electron chi connectivity index (χ0n) is 14.4. The summed E-state index contributed by atoms with van der Waals surface area (Å²) in [5.74, 6) is 0.0213. The van der Waals surface area contributed by atoms with Gasteiger partial charge in [-0.25, -0.2) is 0 Å². The van der Waals surface area contributed by atoms with E-state index in [1.165, 1.54) is 5.56 Å². The highest BCUT2D eigenvalue weighted by Gasteiger charge is 2.07. The summed E-state index contributed by atoms with van der Waals surface area (Å²) in [5, 5.41) is 2.88. The minimum Gasteiger partial charge on any atom is -0.381 e. The van der Waals surface area contributed by atoms with Crippen molar-refractivity contribution in [1.82, 2.24) is 5.32 Å². The Morgan fingerprint density at radius 2 is 1.64 bits per heavy atom. The van der Waals surface area contributed by atoms with E-state index < -0.39 is 0 Å². The molecule has 5 heteroatoms. The van der Waals surface area contributed by atoms with Crippen molar-refractivity contribution in [3.63, 3.8) is 0 Å². The fourth-order valence-corrected chi connectivity index (χ4v) is 2.40. The van der Waals surface area contributed by atoms with Crippen molar-refractivity contribution < 1.29 is 9.53 Å². The summed E-state index contributed by atoms with van der Waals surface area (Å²) in [7, 11) is 0. The summed E-state index contributed by atoms with van der Waals surface area (Å²) >= 11 is 0. The van der Waals surface area contributed by atoms with E-state index in [4.69, 9.17) is 10.5 Å². The maximum absolute atomic E-state index is 11.8. The van der Waals surface area contributed by atoms with E-state index in [0.29, 0.717) is 26.2 Å². The highest BCUT2D eigenvalue weighted by atomic mass is 35.5. The van der Waals surface area contributed by atoms with E-state index in [9.17, 15) is 4.79 Å². The molecule has 0 saturated carbocycles. The molecule has 2 rings (SSSR count). The van der Waals surface area contributed by atoms with Crippen LogP contribution in [0, 0.1) is 0 Å². The number of amides is 1. The first-order valence-electron chi connectivity index (χ1n) is 8.44. The third-order valence-electron chi connectivity index (χ3n) is 3.82. The maximum Gasteiger partial charge on any atom is 0.220 e. The second kappa shape index (κ2) is 12.5. The largest absolute Gasteiger partial charge is 0.381 e. The van der Waals surface area contributed by atoms with Gasteiger partial charge in [0.15, 0.2) is 0 Å². The van der Waals surface area contributed by atoms with E-state index in [2.05, 4.69) is 17.4 Å². The van der Waals surface area contributed by atoms with Crippen LogP contribution in [0.1, 0.15) is 30.0 Å². The first-order chi connectivity index (χ1) is 11.8. The molecule has 0 bridgehead atoms. The molecule has 0 spiro atoms. The van der Waals surface area contributed by atoms with Crippen LogP contribution in [-0.2, 0) is 16.0 Å². The molecule has 0 fully saturated rings. The molecule has 0 heterocycles. The highest BCUT2D eigenvalue weighted by Crippen LogP contribution is 2.08. The fourth-order valence-electron chi connectivity index (χ4n) is 2.40. The molecular weight excluding hydrogens is 336 g/mol. The summed E-state index contributed by atoms with van der Waals surface area (Å²) < 4.78 is 5.58. The predicted molar refractivity (Wildman–Crippen MR) is 104 cm³/mol. The first kappa shape index (κ1) is 21.2. The number of ether oxygens (including phenoxy) is 1. The quantitative estimate of drug-likeness (QED) is 0.637. The molecule has 0 aliphatic carbocycles. The van der Waals surface area contributed by atoms with Crippen LogP contribution in [0.4, 0.5) is 0 Å². The second-order valence-corrected chi connectivity index (χ2v) is 5.77. The average molecular weight is 363 g/mol. The van der Waals surface area contributed by atoms with E-state index >= 15 is 0 Å². The Kier molecular flexibility index (Phi) is 10.6. The van der Waals surface area contributed by atoms with E-state index in [-0.39, 0.29) is 24.4 Å².